The highest BCUT2D eigenvalue weighted by atomic mass is 32.2. The summed E-state index contributed by atoms with van der Waals surface area (Å²) in [6, 6.07) is 1.16. The summed E-state index contributed by atoms with van der Waals surface area (Å²) < 4.78 is 53.0. The number of anilines is 1. The van der Waals surface area contributed by atoms with Gasteiger partial charge in [-0.2, -0.15) is 0 Å². The smallest absolute Gasteiger partial charge is 0.243 e. The fraction of sp³-hybridized carbons (Fsp3) is 0.538. The second-order valence-corrected chi connectivity index (χ2v) is 7.15. The Kier molecular flexibility index (Phi) is 4.50. The van der Waals surface area contributed by atoms with Gasteiger partial charge in [0.2, 0.25) is 10.0 Å². The molecule has 21 heavy (non-hydrogen) atoms. The monoisotopic (exact) mass is 320 g/mol. The summed E-state index contributed by atoms with van der Waals surface area (Å²) in [5, 5.41) is 10.2. The Morgan fingerprint density at radius 3 is 2.43 bits per heavy atom. The number of benzene rings is 1. The molecule has 2 rings (SSSR count). The van der Waals surface area contributed by atoms with Gasteiger partial charge in [-0.1, -0.05) is 19.3 Å². The number of halogens is 2. The maximum absolute atomic E-state index is 13.6. The second kappa shape index (κ2) is 5.86. The van der Waals surface area contributed by atoms with E-state index in [2.05, 4.69) is 4.72 Å². The number of nitrogens with two attached hydrogens (primary N) is 1. The van der Waals surface area contributed by atoms with E-state index in [1.54, 1.807) is 0 Å². The minimum absolute atomic E-state index is 0.202. The molecule has 0 unspecified atom stereocenters. The van der Waals surface area contributed by atoms with Gasteiger partial charge < -0.3 is 10.8 Å². The van der Waals surface area contributed by atoms with Crippen molar-refractivity contribution in [2.45, 2.75) is 42.6 Å². The van der Waals surface area contributed by atoms with Gasteiger partial charge in [0.15, 0.2) is 0 Å². The predicted molar refractivity (Wildman–Crippen MR) is 74.0 cm³/mol. The molecule has 0 saturated heterocycles. The SMILES string of the molecule is Nc1cc(S(=O)(=O)NCC2(O)CCCCC2)c(F)cc1F. The van der Waals surface area contributed by atoms with Crippen molar-refractivity contribution in [3.8, 4) is 0 Å². The lowest BCUT2D eigenvalue weighted by atomic mass is 9.85. The zero-order valence-corrected chi connectivity index (χ0v) is 12.2. The first-order valence-corrected chi connectivity index (χ1v) is 8.18. The molecule has 1 fully saturated rings. The molecule has 1 aromatic carbocycles. The molecule has 0 bridgehead atoms. The first-order chi connectivity index (χ1) is 9.73. The normalized spacial score (nSPS) is 18.6. The van der Waals surface area contributed by atoms with E-state index in [9.17, 15) is 22.3 Å². The summed E-state index contributed by atoms with van der Waals surface area (Å²) in [5.74, 6) is -2.23. The van der Waals surface area contributed by atoms with Crippen LogP contribution in [-0.4, -0.2) is 25.7 Å². The second-order valence-electron chi connectivity index (χ2n) is 5.41. The van der Waals surface area contributed by atoms with Crippen molar-refractivity contribution in [2.24, 2.45) is 0 Å². The van der Waals surface area contributed by atoms with Crippen molar-refractivity contribution >= 4 is 15.7 Å². The lowest BCUT2D eigenvalue weighted by Crippen LogP contribution is -2.44. The molecule has 0 aromatic heterocycles. The van der Waals surface area contributed by atoms with Crippen LogP contribution in [0.1, 0.15) is 32.1 Å². The van der Waals surface area contributed by atoms with Crippen LogP contribution in [0.4, 0.5) is 14.5 Å². The Morgan fingerprint density at radius 1 is 1.19 bits per heavy atom. The Labute approximate surface area is 122 Å². The van der Waals surface area contributed by atoms with Crippen molar-refractivity contribution < 1.29 is 22.3 Å². The van der Waals surface area contributed by atoms with Gasteiger partial charge in [0.05, 0.1) is 11.3 Å². The summed E-state index contributed by atoms with van der Waals surface area (Å²) in [4.78, 5) is -0.721. The lowest BCUT2D eigenvalue weighted by Gasteiger charge is -2.32. The first kappa shape index (κ1) is 16.1. The van der Waals surface area contributed by atoms with Crippen LogP contribution in [-0.2, 0) is 10.0 Å². The molecule has 5 nitrogen and oxygen atoms in total. The quantitative estimate of drug-likeness (QED) is 0.733. The van der Waals surface area contributed by atoms with Gasteiger partial charge in [-0.15, -0.1) is 0 Å². The van der Waals surface area contributed by atoms with Gasteiger partial charge in [0.1, 0.15) is 16.5 Å². The Bertz CT molecular complexity index is 629. The van der Waals surface area contributed by atoms with Crippen LogP contribution >= 0.6 is 0 Å². The van der Waals surface area contributed by atoms with Crippen LogP contribution < -0.4 is 10.5 Å². The molecule has 1 aliphatic carbocycles. The van der Waals surface area contributed by atoms with Crippen molar-refractivity contribution in [3.63, 3.8) is 0 Å². The summed E-state index contributed by atoms with van der Waals surface area (Å²) in [7, 11) is -4.20. The van der Waals surface area contributed by atoms with Crippen LogP contribution in [0.2, 0.25) is 0 Å². The highest BCUT2D eigenvalue weighted by Gasteiger charge is 2.31. The predicted octanol–water partition coefficient (Wildman–Crippen LogP) is 1.52. The molecule has 1 saturated carbocycles. The Hall–Kier alpha value is -1.25. The molecule has 0 heterocycles. The lowest BCUT2D eigenvalue weighted by molar-refractivity contribution is 0.00944. The maximum atomic E-state index is 13.6. The number of aliphatic hydroxyl groups is 1. The molecule has 118 valence electrons. The molecule has 0 atom stereocenters. The van der Waals surface area contributed by atoms with E-state index in [0.29, 0.717) is 18.9 Å². The van der Waals surface area contributed by atoms with E-state index in [1.807, 2.05) is 0 Å². The van der Waals surface area contributed by atoms with E-state index in [0.717, 1.165) is 25.3 Å². The van der Waals surface area contributed by atoms with E-state index < -0.39 is 37.8 Å². The fourth-order valence-electron chi connectivity index (χ4n) is 2.44. The maximum Gasteiger partial charge on any atom is 0.243 e. The van der Waals surface area contributed by atoms with Crippen LogP contribution in [0, 0.1) is 11.6 Å². The standard InChI is InChI=1S/C13H18F2N2O3S/c14-9-6-10(15)12(7-11(9)16)21(19,20)17-8-13(18)4-2-1-3-5-13/h6-7,17-18H,1-5,8,16H2. The van der Waals surface area contributed by atoms with E-state index >= 15 is 0 Å². The molecule has 1 aliphatic rings. The van der Waals surface area contributed by atoms with Gasteiger partial charge in [0.25, 0.3) is 0 Å². The van der Waals surface area contributed by atoms with E-state index in [4.69, 9.17) is 5.73 Å². The molecule has 0 amide bonds. The zero-order valence-electron chi connectivity index (χ0n) is 11.4. The van der Waals surface area contributed by atoms with Gasteiger partial charge in [-0.25, -0.2) is 21.9 Å². The largest absolute Gasteiger partial charge is 0.396 e. The van der Waals surface area contributed by atoms with Crippen molar-refractivity contribution in [2.75, 3.05) is 12.3 Å². The molecule has 1 aromatic rings. The fourth-order valence-corrected chi connectivity index (χ4v) is 3.66. The van der Waals surface area contributed by atoms with Gasteiger partial charge in [0, 0.05) is 12.6 Å². The highest BCUT2D eigenvalue weighted by molar-refractivity contribution is 7.89. The molecule has 0 spiro atoms. The number of sulfonamides is 1. The number of nitrogen functional groups attached to an aromatic ring is 1. The van der Waals surface area contributed by atoms with Crippen LogP contribution in [0.25, 0.3) is 0 Å². The summed E-state index contributed by atoms with van der Waals surface area (Å²) in [6.45, 7) is -0.202. The van der Waals surface area contributed by atoms with Crippen LogP contribution in [0.5, 0.6) is 0 Å². The number of nitrogens with one attached hydrogen (secondary N) is 1. The Morgan fingerprint density at radius 2 is 1.81 bits per heavy atom. The highest BCUT2D eigenvalue weighted by Crippen LogP contribution is 2.28. The average molecular weight is 320 g/mol. The summed E-state index contributed by atoms with van der Waals surface area (Å²) in [6.07, 6.45) is 3.61. The molecule has 4 N–H and O–H groups in total. The minimum atomic E-state index is -4.20. The van der Waals surface area contributed by atoms with Gasteiger partial charge >= 0.3 is 0 Å². The van der Waals surface area contributed by atoms with Crippen molar-refractivity contribution in [1.82, 2.24) is 4.72 Å². The van der Waals surface area contributed by atoms with Crippen molar-refractivity contribution in [3.05, 3.63) is 23.8 Å². The van der Waals surface area contributed by atoms with Crippen LogP contribution in [0.3, 0.4) is 0 Å². The molecule has 8 heteroatoms. The number of hydrogen-bond acceptors (Lipinski definition) is 4. The Balaban J connectivity index is 2.17. The minimum Gasteiger partial charge on any atom is -0.396 e. The number of hydrogen-bond donors (Lipinski definition) is 3. The average Bonchev–Trinajstić information content (AvgIpc) is 2.42. The molecular weight excluding hydrogens is 302 g/mol. The van der Waals surface area contributed by atoms with Gasteiger partial charge in [-0.05, 0) is 18.9 Å². The van der Waals surface area contributed by atoms with E-state index in [-0.39, 0.29) is 6.54 Å². The topological polar surface area (TPSA) is 92.4 Å². The van der Waals surface area contributed by atoms with Crippen LogP contribution in [0.15, 0.2) is 17.0 Å². The summed E-state index contributed by atoms with van der Waals surface area (Å²) >= 11 is 0. The molecule has 0 aliphatic heterocycles. The molecule has 0 radical (unpaired) electrons. The summed E-state index contributed by atoms with van der Waals surface area (Å²) in [5.41, 5.74) is 3.70. The third-order valence-corrected chi connectivity index (χ3v) is 5.13. The number of rotatable bonds is 4. The van der Waals surface area contributed by atoms with Gasteiger partial charge in [-0.3, -0.25) is 0 Å². The van der Waals surface area contributed by atoms with Crippen molar-refractivity contribution in [1.29, 1.82) is 0 Å². The third-order valence-electron chi connectivity index (χ3n) is 3.72. The van der Waals surface area contributed by atoms with E-state index in [1.165, 1.54) is 0 Å². The third kappa shape index (κ3) is 3.69. The first-order valence-electron chi connectivity index (χ1n) is 6.70. The molecular formula is C13H18F2N2O3S. The zero-order chi connectivity index (χ0) is 15.7.